The molecule has 5 rings (SSSR count). The predicted molar refractivity (Wildman–Crippen MR) is 144 cm³/mol. The Morgan fingerprint density at radius 2 is 1.65 bits per heavy atom. The van der Waals surface area contributed by atoms with Crippen LogP contribution in [-0.4, -0.2) is 88.7 Å². The molecular weight excluding hydrogens is 508 g/mol. The first kappa shape index (κ1) is 25.9. The van der Waals surface area contributed by atoms with Crippen molar-refractivity contribution in [1.29, 1.82) is 0 Å². The molecule has 2 aliphatic heterocycles. The lowest BCUT2D eigenvalue weighted by Crippen LogP contribution is -2.46. The fourth-order valence-electron chi connectivity index (χ4n) is 4.77. The first-order chi connectivity index (χ1) is 17.9. The lowest BCUT2D eigenvalue weighted by atomic mass is 10.00. The van der Waals surface area contributed by atoms with Gasteiger partial charge in [-0.25, -0.2) is 8.42 Å². The van der Waals surface area contributed by atoms with Gasteiger partial charge in [-0.1, -0.05) is 36.0 Å². The number of piperazine rings is 1. The predicted octanol–water partition coefficient (Wildman–Crippen LogP) is 2.58. The molecule has 0 unspecified atom stereocenters. The Kier molecular flexibility index (Phi) is 7.66. The van der Waals surface area contributed by atoms with Gasteiger partial charge in [-0.15, -0.1) is 10.2 Å². The second-order valence-corrected chi connectivity index (χ2v) is 12.3. The molecule has 9 nitrogen and oxygen atoms in total. The van der Waals surface area contributed by atoms with Crippen LogP contribution in [0, 0.1) is 0 Å². The summed E-state index contributed by atoms with van der Waals surface area (Å²) >= 11 is 1.39. The van der Waals surface area contributed by atoms with E-state index in [9.17, 15) is 13.2 Å². The summed E-state index contributed by atoms with van der Waals surface area (Å²) in [7, 11) is -1.53. The van der Waals surface area contributed by atoms with Crippen molar-refractivity contribution < 1.29 is 13.2 Å². The third-order valence-corrected chi connectivity index (χ3v) is 9.92. The summed E-state index contributed by atoms with van der Waals surface area (Å²) in [5.41, 5.74) is 3.32. The van der Waals surface area contributed by atoms with Crippen molar-refractivity contribution in [3.05, 3.63) is 59.7 Å². The van der Waals surface area contributed by atoms with E-state index in [0.717, 1.165) is 31.6 Å². The van der Waals surface area contributed by atoms with E-state index in [1.54, 1.807) is 28.6 Å². The second-order valence-electron chi connectivity index (χ2n) is 9.40. The molecule has 0 spiro atoms. The van der Waals surface area contributed by atoms with Gasteiger partial charge in [0, 0.05) is 51.4 Å². The minimum atomic E-state index is -3.52. The van der Waals surface area contributed by atoms with Crippen molar-refractivity contribution in [3.63, 3.8) is 0 Å². The van der Waals surface area contributed by atoms with Gasteiger partial charge in [0.1, 0.15) is 0 Å². The van der Waals surface area contributed by atoms with Crippen LogP contribution in [0.15, 0.2) is 58.6 Å². The quantitative estimate of drug-likeness (QED) is 0.426. The lowest BCUT2D eigenvalue weighted by Gasteiger charge is -2.31. The lowest BCUT2D eigenvalue weighted by molar-refractivity contribution is -0.129. The second kappa shape index (κ2) is 10.9. The van der Waals surface area contributed by atoms with Crippen LogP contribution in [0.3, 0.4) is 0 Å². The number of fused-ring (bicyclic) bond motifs is 1. The standard InChI is InChI=1S/C26H32N6O3S2/c1-3-32-25(21-8-10-23(11-9-21)37(34,35)31-16-14-29(2)15-17-31)27-28-26(32)36-19-24(33)30-13-12-20-6-4-5-7-22(20)18-30/h4-11H,3,12-19H2,1-2H3. The van der Waals surface area contributed by atoms with Crippen LogP contribution < -0.4 is 0 Å². The van der Waals surface area contributed by atoms with Gasteiger partial charge >= 0.3 is 0 Å². The number of carbonyl (C=O) groups excluding carboxylic acids is 1. The number of hydrogen-bond acceptors (Lipinski definition) is 7. The van der Waals surface area contributed by atoms with Crippen LogP contribution in [0.25, 0.3) is 11.4 Å². The van der Waals surface area contributed by atoms with E-state index in [1.165, 1.54) is 22.9 Å². The highest BCUT2D eigenvalue weighted by Gasteiger charge is 2.28. The van der Waals surface area contributed by atoms with Gasteiger partial charge < -0.3 is 14.4 Å². The average Bonchev–Trinajstić information content (AvgIpc) is 3.34. The van der Waals surface area contributed by atoms with Crippen molar-refractivity contribution in [2.24, 2.45) is 0 Å². The number of likely N-dealkylation sites (N-methyl/N-ethyl adjacent to an activating group) is 1. The molecule has 2 aliphatic rings. The Morgan fingerprint density at radius 1 is 0.946 bits per heavy atom. The van der Waals surface area contributed by atoms with Crippen LogP contribution in [0.1, 0.15) is 18.1 Å². The molecule has 1 aromatic heterocycles. The summed E-state index contributed by atoms with van der Waals surface area (Å²) in [4.78, 5) is 17.2. The molecular formula is C26H32N6O3S2. The summed E-state index contributed by atoms with van der Waals surface area (Å²) in [5.74, 6) is 1.04. The number of carbonyl (C=O) groups is 1. The molecule has 3 heterocycles. The molecule has 0 aliphatic carbocycles. The summed E-state index contributed by atoms with van der Waals surface area (Å²) < 4.78 is 29.6. The number of rotatable bonds is 7. The molecule has 37 heavy (non-hydrogen) atoms. The van der Waals surface area contributed by atoms with Crippen LogP contribution in [0.4, 0.5) is 0 Å². The Morgan fingerprint density at radius 3 is 2.35 bits per heavy atom. The van der Waals surface area contributed by atoms with E-state index in [2.05, 4.69) is 27.2 Å². The minimum Gasteiger partial charge on any atom is -0.337 e. The first-order valence-corrected chi connectivity index (χ1v) is 15.0. The van der Waals surface area contributed by atoms with E-state index in [0.29, 0.717) is 42.9 Å². The Labute approximate surface area is 222 Å². The van der Waals surface area contributed by atoms with Gasteiger partial charge in [-0.05, 0) is 55.8 Å². The summed E-state index contributed by atoms with van der Waals surface area (Å²) in [6, 6.07) is 15.1. The number of aromatic nitrogens is 3. The molecule has 0 N–H and O–H groups in total. The normalized spacial score (nSPS) is 17.1. The zero-order valence-electron chi connectivity index (χ0n) is 21.2. The highest BCUT2D eigenvalue weighted by molar-refractivity contribution is 7.99. The van der Waals surface area contributed by atoms with E-state index < -0.39 is 10.0 Å². The number of amides is 1. The summed E-state index contributed by atoms with van der Waals surface area (Å²) in [6.45, 7) is 6.46. The van der Waals surface area contributed by atoms with E-state index in [1.807, 2.05) is 35.6 Å². The SMILES string of the molecule is CCn1c(SCC(=O)N2CCc3ccccc3C2)nnc1-c1ccc(S(=O)(=O)N2CCN(C)CC2)cc1. The van der Waals surface area contributed by atoms with Crippen molar-refractivity contribution in [1.82, 2.24) is 28.9 Å². The first-order valence-electron chi connectivity index (χ1n) is 12.6. The average molecular weight is 541 g/mol. The van der Waals surface area contributed by atoms with Crippen LogP contribution in [0.2, 0.25) is 0 Å². The Balaban J connectivity index is 1.25. The maximum absolute atomic E-state index is 13.1. The number of benzene rings is 2. The monoisotopic (exact) mass is 540 g/mol. The molecule has 196 valence electrons. The van der Waals surface area contributed by atoms with Crippen LogP contribution in [-0.2, 0) is 34.3 Å². The third kappa shape index (κ3) is 5.45. The summed E-state index contributed by atoms with van der Waals surface area (Å²) in [5, 5.41) is 9.39. The summed E-state index contributed by atoms with van der Waals surface area (Å²) in [6.07, 6.45) is 0.877. The van der Waals surface area contributed by atoms with Crippen molar-refractivity contribution in [2.45, 2.75) is 36.5 Å². The number of nitrogens with zero attached hydrogens (tertiary/aromatic N) is 6. The number of sulfonamides is 1. The van der Waals surface area contributed by atoms with Crippen molar-refractivity contribution in [2.75, 3.05) is 45.5 Å². The molecule has 3 aromatic rings. The smallest absolute Gasteiger partial charge is 0.243 e. The van der Waals surface area contributed by atoms with E-state index in [-0.39, 0.29) is 10.8 Å². The Bertz CT molecular complexity index is 1370. The fraction of sp³-hybridized carbons (Fsp3) is 0.423. The molecule has 1 fully saturated rings. The largest absolute Gasteiger partial charge is 0.337 e. The van der Waals surface area contributed by atoms with Gasteiger partial charge in [-0.2, -0.15) is 4.31 Å². The topological polar surface area (TPSA) is 91.6 Å². The van der Waals surface area contributed by atoms with Crippen molar-refractivity contribution in [3.8, 4) is 11.4 Å². The van der Waals surface area contributed by atoms with E-state index in [4.69, 9.17) is 0 Å². The molecule has 0 radical (unpaired) electrons. The highest BCUT2D eigenvalue weighted by atomic mass is 32.2. The number of thioether (sulfide) groups is 1. The maximum atomic E-state index is 13.1. The van der Waals surface area contributed by atoms with Gasteiger partial charge in [0.25, 0.3) is 0 Å². The van der Waals surface area contributed by atoms with Gasteiger partial charge in [0.05, 0.1) is 10.6 Å². The van der Waals surface area contributed by atoms with Crippen LogP contribution >= 0.6 is 11.8 Å². The molecule has 0 bridgehead atoms. The van der Waals surface area contributed by atoms with Gasteiger partial charge in [0.15, 0.2) is 11.0 Å². The third-order valence-electron chi connectivity index (χ3n) is 7.05. The molecule has 2 aromatic carbocycles. The molecule has 0 saturated carbocycles. The van der Waals surface area contributed by atoms with Gasteiger partial charge in [-0.3, -0.25) is 4.79 Å². The molecule has 1 amide bonds. The zero-order valence-corrected chi connectivity index (χ0v) is 22.8. The minimum absolute atomic E-state index is 0.0881. The zero-order chi connectivity index (χ0) is 26.0. The van der Waals surface area contributed by atoms with Gasteiger partial charge in [0.2, 0.25) is 15.9 Å². The maximum Gasteiger partial charge on any atom is 0.243 e. The number of hydrogen-bond donors (Lipinski definition) is 0. The fourth-order valence-corrected chi connectivity index (χ4v) is 7.10. The highest BCUT2D eigenvalue weighted by Crippen LogP contribution is 2.27. The Hall–Kier alpha value is -2.73. The van der Waals surface area contributed by atoms with E-state index >= 15 is 0 Å². The molecule has 0 atom stereocenters. The molecule has 11 heteroatoms. The van der Waals surface area contributed by atoms with Crippen LogP contribution in [0.5, 0.6) is 0 Å². The molecule has 1 saturated heterocycles. The van der Waals surface area contributed by atoms with Crippen molar-refractivity contribution >= 4 is 27.7 Å².